The Morgan fingerprint density at radius 3 is 2.78 bits per heavy atom. The number of sulfonamides is 1. The minimum atomic E-state index is -3.26. The molecule has 1 aliphatic carbocycles. The molecule has 1 aromatic carbocycles. The van der Waals surface area contributed by atoms with Gasteiger partial charge in [-0.15, -0.1) is 0 Å². The van der Waals surface area contributed by atoms with Gasteiger partial charge in [0.1, 0.15) is 5.58 Å². The molecule has 146 valence electrons. The molecule has 1 aliphatic heterocycles. The van der Waals surface area contributed by atoms with E-state index in [1.165, 1.54) is 17.5 Å². The van der Waals surface area contributed by atoms with Gasteiger partial charge in [-0.25, -0.2) is 13.1 Å². The predicted octanol–water partition coefficient (Wildman–Crippen LogP) is 2.39. The number of benzene rings is 1. The lowest BCUT2D eigenvalue weighted by Gasteiger charge is -2.35. The van der Waals surface area contributed by atoms with Gasteiger partial charge in [0.2, 0.25) is 15.9 Å². The van der Waals surface area contributed by atoms with Crippen molar-refractivity contribution in [3.8, 4) is 0 Å². The second-order valence-electron chi connectivity index (χ2n) is 7.77. The number of hydrogen-bond acceptors (Lipinski definition) is 4. The van der Waals surface area contributed by atoms with E-state index in [4.69, 9.17) is 4.42 Å². The summed E-state index contributed by atoms with van der Waals surface area (Å²) in [7, 11) is -3.26. The van der Waals surface area contributed by atoms with Crippen LogP contribution in [0.15, 0.2) is 22.8 Å². The Balaban J connectivity index is 1.51. The molecule has 1 aromatic heterocycles. The number of hydrogen-bond donors (Lipinski definition) is 1. The second-order valence-corrected chi connectivity index (χ2v) is 9.60. The van der Waals surface area contributed by atoms with Crippen molar-refractivity contribution >= 4 is 26.9 Å². The third kappa shape index (κ3) is 4.04. The number of amides is 1. The smallest absolute Gasteiger partial charge is 0.227 e. The zero-order valence-electron chi connectivity index (χ0n) is 15.7. The van der Waals surface area contributed by atoms with Crippen molar-refractivity contribution in [1.29, 1.82) is 0 Å². The van der Waals surface area contributed by atoms with E-state index in [1.54, 1.807) is 6.26 Å². The van der Waals surface area contributed by atoms with Gasteiger partial charge >= 0.3 is 0 Å². The molecule has 0 saturated carbocycles. The van der Waals surface area contributed by atoms with Crippen LogP contribution in [0, 0.1) is 0 Å². The molecular weight excluding hydrogens is 364 g/mol. The highest BCUT2D eigenvalue weighted by Crippen LogP contribution is 2.31. The lowest BCUT2D eigenvalue weighted by Crippen LogP contribution is -2.49. The van der Waals surface area contributed by atoms with Crippen molar-refractivity contribution in [3.05, 3.63) is 35.1 Å². The van der Waals surface area contributed by atoms with Gasteiger partial charge in [-0.05, 0) is 61.8 Å². The molecule has 1 unspecified atom stereocenters. The highest BCUT2D eigenvalue weighted by molar-refractivity contribution is 7.88. The van der Waals surface area contributed by atoms with Gasteiger partial charge < -0.3 is 9.32 Å². The van der Waals surface area contributed by atoms with Crippen LogP contribution in [-0.4, -0.2) is 44.6 Å². The molecule has 1 amide bonds. The van der Waals surface area contributed by atoms with Gasteiger partial charge in [0.15, 0.2) is 0 Å². The summed E-state index contributed by atoms with van der Waals surface area (Å²) < 4.78 is 31.1. The fourth-order valence-electron chi connectivity index (χ4n) is 4.34. The number of nitrogens with zero attached hydrogens (tertiary/aromatic N) is 1. The molecular formula is C20H26N2O4S. The molecule has 27 heavy (non-hydrogen) atoms. The highest BCUT2D eigenvalue weighted by Gasteiger charge is 2.28. The summed E-state index contributed by atoms with van der Waals surface area (Å²) in [4.78, 5) is 14.8. The lowest BCUT2D eigenvalue weighted by molar-refractivity contribution is -0.133. The van der Waals surface area contributed by atoms with E-state index in [2.05, 4.69) is 16.9 Å². The van der Waals surface area contributed by atoms with Crippen LogP contribution in [0.2, 0.25) is 0 Å². The van der Waals surface area contributed by atoms with E-state index in [-0.39, 0.29) is 18.5 Å². The number of fused-ring (bicyclic) bond motifs is 2. The van der Waals surface area contributed by atoms with E-state index >= 15 is 0 Å². The van der Waals surface area contributed by atoms with Crippen LogP contribution in [0.5, 0.6) is 0 Å². The molecule has 1 N–H and O–H groups in total. The Labute approximate surface area is 160 Å². The van der Waals surface area contributed by atoms with Gasteiger partial charge in [-0.1, -0.05) is 0 Å². The molecule has 1 atom stereocenters. The average Bonchev–Trinajstić information content (AvgIpc) is 3.24. The van der Waals surface area contributed by atoms with E-state index in [1.807, 2.05) is 4.90 Å². The maximum atomic E-state index is 13.0. The summed E-state index contributed by atoms with van der Waals surface area (Å²) in [6.07, 6.45) is 9.32. The third-order valence-corrected chi connectivity index (χ3v) is 6.43. The lowest BCUT2D eigenvalue weighted by atomic mass is 10.00. The molecule has 0 radical (unpaired) electrons. The molecule has 2 heterocycles. The van der Waals surface area contributed by atoms with Crippen LogP contribution in [0.1, 0.15) is 42.4 Å². The largest absolute Gasteiger partial charge is 0.464 e. The van der Waals surface area contributed by atoms with Gasteiger partial charge in [-0.2, -0.15) is 0 Å². The normalized spacial score (nSPS) is 20.2. The zero-order chi connectivity index (χ0) is 19.0. The Morgan fingerprint density at radius 2 is 2.00 bits per heavy atom. The summed E-state index contributed by atoms with van der Waals surface area (Å²) >= 11 is 0. The highest BCUT2D eigenvalue weighted by atomic mass is 32.2. The van der Waals surface area contributed by atoms with Crippen LogP contribution in [0.25, 0.3) is 11.0 Å². The fourth-order valence-corrected chi connectivity index (χ4v) is 4.83. The van der Waals surface area contributed by atoms with E-state index in [9.17, 15) is 13.2 Å². The van der Waals surface area contributed by atoms with Gasteiger partial charge in [0, 0.05) is 30.1 Å². The molecule has 7 heteroatoms. The zero-order valence-corrected chi connectivity index (χ0v) is 16.5. The first-order chi connectivity index (χ1) is 12.9. The van der Waals surface area contributed by atoms with Crippen molar-refractivity contribution in [2.75, 3.05) is 19.3 Å². The number of furan rings is 1. The van der Waals surface area contributed by atoms with Crippen LogP contribution in [0.3, 0.4) is 0 Å². The number of rotatable bonds is 5. The number of piperidine rings is 1. The molecule has 2 aromatic rings. The summed E-state index contributed by atoms with van der Waals surface area (Å²) in [6.45, 7) is 0.963. The Hall–Kier alpha value is -1.86. The average molecular weight is 391 g/mol. The van der Waals surface area contributed by atoms with Gasteiger partial charge in [0.05, 0.1) is 18.9 Å². The summed E-state index contributed by atoms with van der Waals surface area (Å²) in [5, 5.41) is 1.03. The summed E-state index contributed by atoms with van der Waals surface area (Å²) in [6, 6.07) is 4.22. The first-order valence-electron chi connectivity index (χ1n) is 9.67. The third-order valence-electron chi connectivity index (χ3n) is 5.74. The topological polar surface area (TPSA) is 79.6 Å². The first kappa shape index (κ1) is 18.5. The van der Waals surface area contributed by atoms with E-state index in [0.717, 1.165) is 54.9 Å². The maximum absolute atomic E-state index is 13.0. The van der Waals surface area contributed by atoms with Crippen LogP contribution >= 0.6 is 0 Å². The number of carbonyl (C=O) groups excluding carboxylic acids is 1. The Bertz CT molecular complexity index is 964. The minimum absolute atomic E-state index is 0.0400. The molecule has 1 fully saturated rings. The Kier molecular flexibility index (Phi) is 4.99. The van der Waals surface area contributed by atoms with E-state index < -0.39 is 10.0 Å². The number of carbonyl (C=O) groups is 1. The van der Waals surface area contributed by atoms with Crippen LogP contribution < -0.4 is 4.72 Å². The minimum Gasteiger partial charge on any atom is -0.464 e. The first-order valence-corrected chi connectivity index (χ1v) is 11.6. The fraction of sp³-hybridized carbons (Fsp3) is 0.550. The van der Waals surface area contributed by atoms with Crippen molar-refractivity contribution in [1.82, 2.24) is 9.62 Å². The SMILES string of the molecule is CS(=O)(=O)NCC1CCCCN1C(=O)Cc1coc2cc3c(cc12)CCC3. The molecule has 0 bridgehead atoms. The number of aryl methyl sites for hydroxylation is 2. The van der Waals surface area contributed by atoms with Gasteiger partial charge in [0.25, 0.3) is 0 Å². The standard InChI is InChI=1S/C20H26N2O4S/c1-27(24,25)21-12-17-7-2-3-8-22(17)20(23)11-16-13-26-19-10-15-6-4-5-14(15)9-18(16)19/h9-10,13,17,21H,2-8,11-12H2,1H3. The molecule has 2 aliphatic rings. The monoisotopic (exact) mass is 390 g/mol. The molecule has 6 nitrogen and oxygen atoms in total. The van der Waals surface area contributed by atoms with Gasteiger partial charge in [-0.3, -0.25) is 4.79 Å². The summed E-state index contributed by atoms with van der Waals surface area (Å²) in [5.74, 6) is 0.0400. The Morgan fingerprint density at radius 1 is 1.22 bits per heavy atom. The predicted molar refractivity (Wildman–Crippen MR) is 104 cm³/mol. The number of likely N-dealkylation sites (tertiary alicyclic amines) is 1. The molecule has 4 rings (SSSR count). The van der Waals surface area contributed by atoms with Crippen LogP contribution in [-0.2, 0) is 34.1 Å². The van der Waals surface area contributed by atoms with E-state index in [0.29, 0.717) is 13.0 Å². The second kappa shape index (κ2) is 7.28. The van der Waals surface area contributed by atoms with Crippen molar-refractivity contribution in [3.63, 3.8) is 0 Å². The van der Waals surface area contributed by atoms with Crippen molar-refractivity contribution < 1.29 is 17.6 Å². The van der Waals surface area contributed by atoms with Crippen molar-refractivity contribution in [2.24, 2.45) is 0 Å². The van der Waals surface area contributed by atoms with Crippen molar-refractivity contribution in [2.45, 2.75) is 51.0 Å². The number of nitrogens with one attached hydrogen (secondary N) is 1. The quantitative estimate of drug-likeness (QED) is 0.850. The molecule has 0 spiro atoms. The maximum Gasteiger partial charge on any atom is 0.227 e. The molecule has 1 saturated heterocycles. The summed E-state index contributed by atoms with van der Waals surface area (Å²) in [5.41, 5.74) is 4.50. The van der Waals surface area contributed by atoms with Crippen LogP contribution in [0.4, 0.5) is 0 Å².